The van der Waals surface area contributed by atoms with Crippen LogP contribution in [0, 0.1) is 51.3 Å². The number of hydrogen-bond acceptors (Lipinski definition) is 2. The maximum absolute atomic E-state index is 13.5. The highest BCUT2D eigenvalue weighted by atomic mass is 35.5. The van der Waals surface area contributed by atoms with Crippen molar-refractivity contribution in [1.82, 2.24) is 0 Å². The van der Waals surface area contributed by atoms with Crippen LogP contribution < -0.4 is 0 Å². The SMILES string of the molecule is N#CC(C#N)(Cc1cc(F)c(Cl)c(F)c1)Cc1cc(F)c(Cl)c(F)c1. The quantitative estimate of drug-likeness (QED) is 0.523. The number of halogens is 6. The van der Waals surface area contributed by atoms with E-state index >= 15 is 0 Å². The van der Waals surface area contributed by atoms with Crippen molar-refractivity contribution in [3.05, 3.63) is 68.7 Å². The van der Waals surface area contributed by atoms with Gasteiger partial charge in [-0.05, 0) is 35.4 Å². The second kappa shape index (κ2) is 7.31. The molecule has 0 saturated heterocycles. The van der Waals surface area contributed by atoms with Crippen LogP contribution in [0.15, 0.2) is 24.3 Å². The summed E-state index contributed by atoms with van der Waals surface area (Å²) in [5, 5.41) is 17.4. The van der Waals surface area contributed by atoms with Crippen molar-refractivity contribution in [2.75, 3.05) is 0 Å². The van der Waals surface area contributed by atoms with E-state index in [0.29, 0.717) is 0 Å². The highest BCUT2D eigenvalue weighted by Crippen LogP contribution is 2.31. The first-order valence-electron chi connectivity index (χ1n) is 6.80. The Hall–Kier alpha value is -2.28. The van der Waals surface area contributed by atoms with E-state index in [1.807, 2.05) is 0 Å². The Morgan fingerprint density at radius 3 is 1.24 bits per heavy atom. The van der Waals surface area contributed by atoms with E-state index in [0.717, 1.165) is 24.3 Å². The van der Waals surface area contributed by atoms with Crippen LogP contribution in [-0.2, 0) is 12.8 Å². The molecule has 2 rings (SSSR count). The van der Waals surface area contributed by atoms with E-state index in [1.165, 1.54) is 0 Å². The van der Waals surface area contributed by atoms with Gasteiger partial charge in [0.05, 0.1) is 12.1 Å². The van der Waals surface area contributed by atoms with Crippen LogP contribution in [0.1, 0.15) is 11.1 Å². The molecule has 0 aliphatic heterocycles. The Bertz CT molecular complexity index is 794. The van der Waals surface area contributed by atoms with Gasteiger partial charge < -0.3 is 0 Å². The molecular formula is C17H8Cl2F4N2. The molecular weight excluding hydrogens is 379 g/mol. The molecule has 0 radical (unpaired) electrons. The first-order chi connectivity index (χ1) is 11.7. The Morgan fingerprint density at radius 2 is 1.00 bits per heavy atom. The van der Waals surface area contributed by atoms with Crippen molar-refractivity contribution < 1.29 is 17.6 Å². The van der Waals surface area contributed by atoms with Crippen molar-refractivity contribution in [3.63, 3.8) is 0 Å². The summed E-state index contributed by atoms with van der Waals surface area (Å²) in [6, 6.07) is 7.11. The van der Waals surface area contributed by atoms with E-state index in [4.69, 9.17) is 23.2 Å². The monoisotopic (exact) mass is 386 g/mol. The van der Waals surface area contributed by atoms with Gasteiger partial charge in [0.2, 0.25) is 0 Å². The summed E-state index contributed by atoms with van der Waals surface area (Å²) >= 11 is 10.8. The van der Waals surface area contributed by atoms with Gasteiger partial charge in [0.25, 0.3) is 0 Å². The molecule has 0 bridgehead atoms. The van der Waals surface area contributed by atoms with Gasteiger partial charge in [-0.25, -0.2) is 17.6 Å². The van der Waals surface area contributed by atoms with Gasteiger partial charge in [-0.15, -0.1) is 0 Å². The standard InChI is InChI=1S/C17H8Cl2F4N2/c18-15-11(20)1-9(2-12(15)21)5-17(7-24,8-25)6-10-3-13(22)16(19)14(23)4-10/h1-4H,5-6H2. The second-order valence-corrected chi connectivity index (χ2v) is 6.16. The Labute approximate surface area is 150 Å². The molecule has 2 aromatic carbocycles. The predicted octanol–water partition coefficient (Wildman–Crippen LogP) is 5.37. The average molecular weight is 387 g/mol. The number of benzene rings is 2. The van der Waals surface area contributed by atoms with Crippen LogP contribution in [0.5, 0.6) is 0 Å². The third kappa shape index (κ3) is 4.04. The highest BCUT2D eigenvalue weighted by molar-refractivity contribution is 6.31. The lowest BCUT2D eigenvalue weighted by atomic mass is 9.79. The van der Waals surface area contributed by atoms with Crippen LogP contribution in [0.25, 0.3) is 0 Å². The van der Waals surface area contributed by atoms with Crippen LogP contribution in [0.2, 0.25) is 10.0 Å². The van der Waals surface area contributed by atoms with Crippen molar-refractivity contribution in [2.24, 2.45) is 5.41 Å². The molecule has 0 aromatic heterocycles. The van der Waals surface area contributed by atoms with Gasteiger partial charge in [-0.1, -0.05) is 23.2 Å². The molecule has 0 aliphatic rings. The maximum atomic E-state index is 13.5. The summed E-state index contributed by atoms with van der Waals surface area (Å²) < 4.78 is 54.2. The van der Waals surface area contributed by atoms with Gasteiger partial charge in [0.15, 0.2) is 5.41 Å². The molecule has 0 aliphatic carbocycles. The minimum absolute atomic E-state index is 0.0115. The molecule has 0 fully saturated rings. The number of rotatable bonds is 4. The topological polar surface area (TPSA) is 47.6 Å². The lowest BCUT2D eigenvalue weighted by molar-refractivity contribution is 0.502. The molecule has 0 amide bonds. The van der Waals surface area contributed by atoms with Gasteiger partial charge in [0, 0.05) is 12.8 Å². The van der Waals surface area contributed by atoms with Gasteiger partial charge >= 0.3 is 0 Å². The third-order valence-electron chi connectivity index (χ3n) is 3.53. The van der Waals surface area contributed by atoms with Gasteiger partial charge in [0.1, 0.15) is 33.3 Å². The molecule has 2 nitrogen and oxygen atoms in total. The summed E-state index contributed by atoms with van der Waals surface area (Å²) in [7, 11) is 0. The number of nitriles is 2. The van der Waals surface area contributed by atoms with Crippen molar-refractivity contribution >= 4 is 23.2 Å². The highest BCUT2D eigenvalue weighted by Gasteiger charge is 2.32. The molecule has 0 unspecified atom stereocenters. The summed E-state index contributed by atoms with van der Waals surface area (Å²) in [5.41, 5.74) is -1.77. The fourth-order valence-corrected chi connectivity index (χ4v) is 2.58. The van der Waals surface area contributed by atoms with Crippen molar-refractivity contribution in [2.45, 2.75) is 12.8 Å². The smallest absolute Gasteiger partial charge is 0.151 e. The van der Waals surface area contributed by atoms with E-state index in [-0.39, 0.29) is 24.0 Å². The fraction of sp³-hybridized carbons (Fsp3) is 0.176. The minimum Gasteiger partial charge on any atom is -0.205 e. The van der Waals surface area contributed by atoms with Gasteiger partial charge in [-0.3, -0.25) is 0 Å². The summed E-state index contributed by atoms with van der Waals surface area (Å²) in [6.07, 6.45) is -0.728. The normalized spacial score (nSPS) is 11.0. The molecule has 0 spiro atoms. The lowest BCUT2D eigenvalue weighted by Gasteiger charge is -2.19. The second-order valence-electron chi connectivity index (χ2n) is 5.41. The van der Waals surface area contributed by atoms with Crippen molar-refractivity contribution in [3.8, 4) is 12.1 Å². The predicted molar refractivity (Wildman–Crippen MR) is 83.8 cm³/mol. The van der Waals surface area contributed by atoms with Crippen LogP contribution in [-0.4, -0.2) is 0 Å². The zero-order valence-corrected chi connectivity index (χ0v) is 13.9. The zero-order chi connectivity index (χ0) is 18.8. The van der Waals surface area contributed by atoms with Crippen LogP contribution in [0.3, 0.4) is 0 Å². The lowest BCUT2D eigenvalue weighted by Crippen LogP contribution is -2.23. The summed E-state index contributed by atoms with van der Waals surface area (Å²) in [4.78, 5) is 0. The number of nitrogens with zero attached hydrogens (tertiary/aromatic N) is 2. The average Bonchev–Trinajstić information content (AvgIpc) is 2.56. The summed E-state index contributed by atoms with van der Waals surface area (Å²) in [6.45, 7) is 0. The maximum Gasteiger partial charge on any atom is 0.151 e. The first kappa shape index (κ1) is 19.1. The van der Waals surface area contributed by atoms with E-state index in [9.17, 15) is 28.1 Å². The van der Waals surface area contributed by atoms with E-state index < -0.39 is 38.7 Å². The molecule has 2 aromatic rings. The van der Waals surface area contributed by atoms with E-state index in [1.54, 1.807) is 12.1 Å². The fourth-order valence-electron chi connectivity index (χ4n) is 2.36. The van der Waals surface area contributed by atoms with Crippen LogP contribution >= 0.6 is 23.2 Å². The molecule has 0 atom stereocenters. The van der Waals surface area contributed by atoms with Gasteiger partial charge in [-0.2, -0.15) is 10.5 Å². The molecule has 0 N–H and O–H groups in total. The third-order valence-corrected chi connectivity index (χ3v) is 4.25. The Balaban J connectivity index is 2.40. The summed E-state index contributed by atoms with van der Waals surface area (Å²) in [5.74, 6) is -4.15. The molecule has 8 heteroatoms. The molecule has 128 valence electrons. The zero-order valence-electron chi connectivity index (χ0n) is 12.4. The van der Waals surface area contributed by atoms with Crippen molar-refractivity contribution in [1.29, 1.82) is 10.5 Å². The molecule has 0 heterocycles. The van der Waals surface area contributed by atoms with E-state index in [2.05, 4.69) is 0 Å². The Morgan fingerprint density at radius 1 is 0.720 bits per heavy atom. The minimum atomic E-state index is -1.79. The molecule has 0 saturated carbocycles. The van der Waals surface area contributed by atoms with Crippen LogP contribution in [0.4, 0.5) is 17.6 Å². The first-order valence-corrected chi connectivity index (χ1v) is 7.56. The Kier molecular flexibility index (Phi) is 5.57. The molecule has 25 heavy (non-hydrogen) atoms. The number of hydrogen-bond donors (Lipinski definition) is 0. The largest absolute Gasteiger partial charge is 0.205 e.